The number of thioether (sulfide) groups is 1. The SMILES string of the molecule is CC(=O)CC(C)Sc1nc(C)co1. The van der Waals surface area contributed by atoms with E-state index in [9.17, 15) is 4.79 Å². The van der Waals surface area contributed by atoms with Crippen molar-refractivity contribution in [1.82, 2.24) is 4.98 Å². The molecule has 0 radical (unpaired) electrons. The maximum absolute atomic E-state index is 10.8. The summed E-state index contributed by atoms with van der Waals surface area (Å²) in [5, 5.41) is 0.877. The Kier molecular flexibility index (Phi) is 3.54. The van der Waals surface area contributed by atoms with Crippen molar-refractivity contribution in [3.63, 3.8) is 0 Å². The normalized spacial score (nSPS) is 12.8. The van der Waals surface area contributed by atoms with E-state index in [0.29, 0.717) is 11.6 Å². The molecule has 4 heteroatoms. The van der Waals surface area contributed by atoms with Crippen molar-refractivity contribution in [2.75, 3.05) is 0 Å². The highest BCUT2D eigenvalue weighted by Crippen LogP contribution is 2.24. The summed E-state index contributed by atoms with van der Waals surface area (Å²) < 4.78 is 5.16. The van der Waals surface area contributed by atoms with Gasteiger partial charge in [0.15, 0.2) is 0 Å². The van der Waals surface area contributed by atoms with Gasteiger partial charge in [0.2, 0.25) is 0 Å². The lowest BCUT2D eigenvalue weighted by atomic mass is 10.2. The molecule has 0 saturated carbocycles. The predicted molar refractivity (Wildman–Crippen MR) is 51.9 cm³/mol. The van der Waals surface area contributed by atoms with Gasteiger partial charge in [-0.15, -0.1) is 0 Å². The van der Waals surface area contributed by atoms with Crippen molar-refractivity contribution in [2.45, 2.75) is 37.7 Å². The molecule has 0 fully saturated rings. The molecule has 0 aliphatic carbocycles. The van der Waals surface area contributed by atoms with Crippen LogP contribution in [-0.4, -0.2) is 16.0 Å². The molecule has 3 nitrogen and oxygen atoms in total. The van der Waals surface area contributed by atoms with Crippen LogP contribution in [0.1, 0.15) is 26.0 Å². The first-order valence-electron chi connectivity index (χ1n) is 4.16. The maximum atomic E-state index is 10.8. The summed E-state index contributed by atoms with van der Waals surface area (Å²) in [4.78, 5) is 14.9. The van der Waals surface area contributed by atoms with Gasteiger partial charge in [-0.2, -0.15) is 0 Å². The minimum absolute atomic E-state index is 0.197. The Bertz CT molecular complexity index is 296. The summed E-state index contributed by atoms with van der Waals surface area (Å²) in [5.74, 6) is 0.197. The molecule has 1 heterocycles. The molecule has 1 aromatic heterocycles. The second-order valence-corrected chi connectivity index (χ2v) is 4.48. The lowest BCUT2D eigenvalue weighted by Gasteiger charge is -2.04. The Hall–Kier alpha value is -0.770. The topological polar surface area (TPSA) is 43.1 Å². The number of oxazole rings is 1. The first-order valence-corrected chi connectivity index (χ1v) is 5.04. The molecule has 0 bridgehead atoms. The van der Waals surface area contributed by atoms with Crippen LogP contribution in [-0.2, 0) is 4.79 Å². The average molecular weight is 199 g/mol. The number of carbonyl (C=O) groups excluding carboxylic acids is 1. The van der Waals surface area contributed by atoms with Gasteiger partial charge in [0.25, 0.3) is 5.22 Å². The Morgan fingerprint density at radius 1 is 1.77 bits per heavy atom. The average Bonchev–Trinajstić information content (AvgIpc) is 2.33. The lowest BCUT2D eigenvalue weighted by Crippen LogP contribution is -2.02. The zero-order chi connectivity index (χ0) is 9.84. The quantitative estimate of drug-likeness (QED) is 0.698. The third-order valence-electron chi connectivity index (χ3n) is 1.47. The fraction of sp³-hybridized carbons (Fsp3) is 0.556. The van der Waals surface area contributed by atoms with Crippen LogP contribution in [0.4, 0.5) is 0 Å². The van der Waals surface area contributed by atoms with Crippen LogP contribution in [0.3, 0.4) is 0 Å². The van der Waals surface area contributed by atoms with Crippen molar-refractivity contribution in [2.24, 2.45) is 0 Å². The molecule has 1 rings (SSSR count). The van der Waals surface area contributed by atoms with Gasteiger partial charge in [-0.25, -0.2) is 4.98 Å². The van der Waals surface area contributed by atoms with Gasteiger partial charge in [0, 0.05) is 11.7 Å². The number of aromatic nitrogens is 1. The number of nitrogens with zero attached hydrogens (tertiary/aromatic N) is 1. The highest BCUT2D eigenvalue weighted by atomic mass is 32.2. The van der Waals surface area contributed by atoms with Gasteiger partial charge in [0.1, 0.15) is 12.0 Å². The third-order valence-corrected chi connectivity index (χ3v) is 2.43. The highest BCUT2D eigenvalue weighted by molar-refractivity contribution is 7.99. The predicted octanol–water partition coefficient (Wildman–Crippen LogP) is 2.44. The first-order chi connectivity index (χ1) is 6.08. The van der Waals surface area contributed by atoms with E-state index >= 15 is 0 Å². The van der Waals surface area contributed by atoms with E-state index in [2.05, 4.69) is 4.98 Å². The third kappa shape index (κ3) is 3.63. The van der Waals surface area contributed by atoms with Gasteiger partial charge in [-0.05, 0) is 13.8 Å². The van der Waals surface area contributed by atoms with Gasteiger partial charge >= 0.3 is 0 Å². The van der Waals surface area contributed by atoms with E-state index in [1.165, 1.54) is 11.8 Å². The summed E-state index contributed by atoms with van der Waals surface area (Å²) >= 11 is 1.49. The Morgan fingerprint density at radius 3 is 2.92 bits per heavy atom. The fourth-order valence-corrected chi connectivity index (χ4v) is 1.97. The largest absolute Gasteiger partial charge is 0.440 e. The Balaban J connectivity index is 2.44. The van der Waals surface area contributed by atoms with Crippen LogP contribution in [0.15, 0.2) is 15.9 Å². The molecule has 0 N–H and O–H groups in total. The van der Waals surface area contributed by atoms with E-state index < -0.39 is 0 Å². The number of ketones is 1. The number of rotatable bonds is 4. The van der Waals surface area contributed by atoms with Gasteiger partial charge in [-0.3, -0.25) is 4.79 Å². The highest BCUT2D eigenvalue weighted by Gasteiger charge is 2.10. The molecular weight excluding hydrogens is 186 g/mol. The molecule has 0 spiro atoms. The molecule has 1 atom stereocenters. The van der Waals surface area contributed by atoms with Crippen molar-refractivity contribution < 1.29 is 9.21 Å². The van der Waals surface area contributed by atoms with Crippen molar-refractivity contribution in [3.05, 3.63) is 12.0 Å². The molecule has 0 amide bonds. The number of Topliss-reactive ketones (excluding diaryl/α,β-unsaturated/α-hetero) is 1. The van der Waals surface area contributed by atoms with E-state index in [-0.39, 0.29) is 11.0 Å². The van der Waals surface area contributed by atoms with Gasteiger partial charge in [-0.1, -0.05) is 18.7 Å². The number of carbonyl (C=O) groups is 1. The van der Waals surface area contributed by atoms with E-state index in [4.69, 9.17) is 4.42 Å². The smallest absolute Gasteiger partial charge is 0.256 e. The van der Waals surface area contributed by atoms with Crippen molar-refractivity contribution >= 4 is 17.5 Å². The molecule has 1 aromatic rings. The standard InChI is InChI=1S/C9H13NO2S/c1-6-5-12-9(10-6)13-8(3)4-7(2)11/h5,8H,4H2,1-3H3. The molecule has 0 aliphatic heterocycles. The second kappa shape index (κ2) is 4.46. The Morgan fingerprint density at radius 2 is 2.46 bits per heavy atom. The van der Waals surface area contributed by atoms with Gasteiger partial charge < -0.3 is 4.42 Å². The van der Waals surface area contributed by atoms with Crippen LogP contribution in [0.5, 0.6) is 0 Å². The summed E-state index contributed by atoms with van der Waals surface area (Å²) in [6, 6.07) is 0. The maximum Gasteiger partial charge on any atom is 0.256 e. The molecule has 72 valence electrons. The minimum Gasteiger partial charge on any atom is -0.440 e. The first kappa shape index (κ1) is 10.3. The van der Waals surface area contributed by atoms with E-state index in [1.54, 1.807) is 13.2 Å². The summed E-state index contributed by atoms with van der Waals surface area (Å²) in [6.07, 6.45) is 2.18. The van der Waals surface area contributed by atoms with Crippen LogP contribution >= 0.6 is 11.8 Å². The molecular formula is C9H13NO2S. The Labute approximate surface area is 81.9 Å². The van der Waals surface area contributed by atoms with Crippen LogP contribution in [0.25, 0.3) is 0 Å². The lowest BCUT2D eigenvalue weighted by molar-refractivity contribution is -0.116. The van der Waals surface area contributed by atoms with Crippen molar-refractivity contribution in [1.29, 1.82) is 0 Å². The number of aryl methyl sites for hydroxylation is 1. The number of hydrogen-bond donors (Lipinski definition) is 0. The molecule has 1 unspecified atom stereocenters. The number of hydrogen-bond acceptors (Lipinski definition) is 4. The summed E-state index contributed by atoms with van der Waals surface area (Å²) in [6.45, 7) is 5.46. The van der Waals surface area contributed by atoms with Gasteiger partial charge in [0.05, 0.1) is 5.69 Å². The van der Waals surface area contributed by atoms with Crippen LogP contribution < -0.4 is 0 Å². The van der Waals surface area contributed by atoms with Crippen LogP contribution in [0, 0.1) is 6.92 Å². The molecule has 0 saturated heterocycles. The van der Waals surface area contributed by atoms with Crippen LogP contribution in [0.2, 0.25) is 0 Å². The van der Waals surface area contributed by atoms with E-state index in [0.717, 1.165) is 5.69 Å². The molecule has 0 aromatic carbocycles. The second-order valence-electron chi connectivity index (χ2n) is 3.09. The van der Waals surface area contributed by atoms with E-state index in [1.807, 2.05) is 13.8 Å². The van der Waals surface area contributed by atoms with Crippen molar-refractivity contribution in [3.8, 4) is 0 Å². The molecule has 13 heavy (non-hydrogen) atoms. The fourth-order valence-electron chi connectivity index (χ4n) is 1.01. The zero-order valence-electron chi connectivity index (χ0n) is 8.03. The summed E-state index contributed by atoms with van der Waals surface area (Å²) in [7, 11) is 0. The summed E-state index contributed by atoms with van der Waals surface area (Å²) in [5.41, 5.74) is 0.873. The zero-order valence-corrected chi connectivity index (χ0v) is 8.85. The minimum atomic E-state index is 0.197. The molecule has 0 aliphatic rings. The monoisotopic (exact) mass is 199 g/mol.